The van der Waals surface area contributed by atoms with Crippen molar-refractivity contribution in [2.24, 2.45) is 11.5 Å². The fourth-order valence-electron chi connectivity index (χ4n) is 1.24. The molecule has 0 fully saturated rings. The van der Waals surface area contributed by atoms with Crippen molar-refractivity contribution in [3.05, 3.63) is 0 Å². The van der Waals surface area contributed by atoms with Crippen LogP contribution >= 0.6 is 0 Å². The van der Waals surface area contributed by atoms with Gasteiger partial charge in [0.2, 0.25) is 0 Å². The number of nitrogens with two attached hydrogens (primary N) is 2. The van der Waals surface area contributed by atoms with Gasteiger partial charge in [-0.3, -0.25) is 0 Å². The smallest absolute Gasteiger partial charge is 0.0478 e. The standard InChI is InChI=1S/C9H23N3O/c1-2-13-9-3-6-12(7-4-10)8-5-11/h2-11H2,1H3. The lowest BCUT2D eigenvalue weighted by molar-refractivity contribution is 0.132. The summed E-state index contributed by atoms with van der Waals surface area (Å²) in [6, 6.07) is 0. The molecule has 0 aromatic heterocycles. The Balaban J connectivity index is 3.33. The predicted octanol–water partition coefficient (Wildman–Crippen LogP) is -0.368. The van der Waals surface area contributed by atoms with Crippen LogP contribution in [0.25, 0.3) is 0 Å². The molecule has 4 heteroatoms. The molecule has 0 atom stereocenters. The van der Waals surface area contributed by atoms with Crippen LogP contribution in [-0.2, 0) is 4.74 Å². The normalized spacial score (nSPS) is 11.1. The van der Waals surface area contributed by atoms with Crippen LogP contribution < -0.4 is 11.5 Å². The van der Waals surface area contributed by atoms with Gasteiger partial charge in [-0.2, -0.15) is 0 Å². The molecule has 0 aliphatic rings. The third kappa shape index (κ3) is 8.18. The van der Waals surface area contributed by atoms with Crippen LogP contribution in [0.4, 0.5) is 0 Å². The van der Waals surface area contributed by atoms with E-state index in [0.717, 1.165) is 39.3 Å². The molecule has 0 spiro atoms. The summed E-state index contributed by atoms with van der Waals surface area (Å²) >= 11 is 0. The molecule has 4 nitrogen and oxygen atoms in total. The molecule has 0 amide bonds. The summed E-state index contributed by atoms with van der Waals surface area (Å²) in [4.78, 5) is 2.28. The first-order valence-electron chi connectivity index (χ1n) is 5.05. The average Bonchev–Trinajstić information content (AvgIpc) is 2.13. The molecule has 4 N–H and O–H groups in total. The topological polar surface area (TPSA) is 64.5 Å². The summed E-state index contributed by atoms with van der Waals surface area (Å²) < 4.78 is 5.25. The average molecular weight is 189 g/mol. The van der Waals surface area contributed by atoms with Gasteiger partial charge in [0.25, 0.3) is 0 Å². The molecule has 0 unspecified atom stereocenters. The minimum Gasteiger partial charge on any atom is -0.382 e. The Morgan fingerprint density at radius 2 is 1.69 bits per heavy atom. The number of rotatable bonds is 9. The fraction of sp³-hybridized carbons (Fsp3) is 1.00. The third-order valence-electron chi connectivity index (χ3n) is 1.86. The largest absolute Gasteiger partial charge is 0.382 e. The van der Waals surface area contributed by atoms with Crippen LogP contribution in [-0.4, -0.2) is 50.8 Å². The highest BCUT2D eigenvalue weighted by molar-refractivity contribution is 4.58. The van der Waals surface area contributed by atoms with E-state index in [9.17, 15) is 0 Å². The molecule has 13 heavy (non-hydrogen) atoms. The second-order valence-electron chi connectivity index (χ2n) is 2.97. The van der Waals surface area contributed by atoms with Gasteiger partial charge in [0.05, 0.1) is 0 Å². The Bertz CT molecular complexity index is 94.9. The van der Waals surface area contributed by atoms with E-state index in [1.54, 1.807) is 0 Å². The molecule has 0 heterocycles. The SMILES string of the molecule is CCOCCCN(CCN)CCN. The molecule has 0 aliphatic heterocycles. The van der Waals surface area contributed by atoms with Gasteiger partial charge < -0.3 is 21.1 Å². The first kappa shape index (κ1) is 12.8. The maximum atomic E-state index is 5.48. The van der Waals surface area contributed by atoms with Crippen molar-refractivity contribution >= 4 is 0 Å². The summed E-state index contributed by atoms with van der Waals surface area (Å²) in [7, 11) is 0. The monoisotopic (exact) mass is 189 g/mol. The first-order valence-corrected chi connectivity index (χ1v) is 5.05. The number of ether oxygens (including phenoxy) is 1. The highest BCUT2D eigenvalue weighted by Crippen LogP contribution is 1.90. The lowest BCUT2D eigenvalue weighted by Gasteiger charge is -2.20. The fourth-order valence-corrected chi connectivity index (χ4v) is 1.24. The second kappa shape index (κ2) is 9.92. The molecular formula is C9H23N3O. The van der Waals surface area contributed by atoms with E-state index in [4.69, 9.17) is 16.2 Å². The Morgan fingerprint density at radius 3 is 2.15 bits per heavy atom. The van der Waals surface area contributed by atoms with Crippen molar-refractivity contribution in [3.63, 3.8) is 0 Å². The van der Waals surface area contributed by atoms with Crippen molar-refractivity contribution < 1.29 is 4.74 Å². The molecule has 80 valence electrons. The predicted molar refractivity (Wildman–Crippen MR) is 55.7 cm³/mol. The molecule has 0 saturated heterocycles. The van der Waals surface area contributed by atoms with Crippen molar-refractivity contribution in [1.29, 1.82) is 0 Å². The quantitative estimate of drug-likeness (QED) is 0.486. The molecule has 0 aliphatic carbocycles. The van der Waals surface area contributed by atoms with E-state index in [1.165, 1.54) is 0 Å². The maximum absolute atomic E-state index is 5.48. The van der Waals surface area contributed by atoms with E-state index >= 15 is 0 Å². The van der Waals surface area contributed by atoms with Crippen molar-refractivity contribution in [2.75, 3.05) is 45.9 Å². The summed E-state index contributed by atoms with van der Waals surface area (Å²) in [6.45, 7) is 7.96. The van der Waals surface area contributed by atoms with Crippen LogP contribution in [0.5, 0.6) is 0 Å². The van der Waals surface area contributed by atoms with Gasteiger partial charge in [-0.25, -0.2) is 0 Å². The zero-order valence-electron chi connectivity index (χ0n) is 8.67. The van der Waals surface area contributed by atoms with Crippen molar-refractivity contribution in [1.82, 2.24) is 4.90 Å². The molecular weight excluding hydrogens is 166 g/mol. The van der Waals surface area contributed by atoms with Crippen LogP contribution in [0.3, 0.4) is 0 Å². The minimum atomic E-state index is 0.703. The van der Waals surface area contributed by atoms with Gasteiger partial charge in [-0.05, 0) is 13.3 Å². The third-order valence-corrected chi connectivity index (χ3v) is 1.86. The van der Waals surface area contributed by atoms with Gasteiger partial charge in [0.1, 0.15) is 0 Å². The molecule has 0 aromatic carbocycles. The van der Waals surface area contributed by atoms with E-state index in [2.05, 4.69) is 4.90 Å². The molecule has 0 aromatic rings. The number of nitrogens with zero attached hydrogens (tertiary/aromatic N) is 1. The van der Waals surface area contributed by atoms with E-state index in [0.29, 0.717) is 13.1 Å². The van der Waals surface area contributed by atoms with Gasteiger partial charge in [0, 0.05) is 45.9 Å². The summed E-state index contributed by atoms with van der Waals surface area (Å²) in [5.74, 6) is 0. The zero-order chi connectivity index (χ0) is 9.94. The zero-order valence-corrected chi connectivity index (χ0v) is 8.67. The lowest BCUT2D eigenvalue weighted by atomic mass is 10.3. The van der Waals surface area contributed by atoms with Crippen LogP contribution in [0, 0.1) is 0 Å². The highest BCUT2D eigenvalue weighted by atomic mass is 16.5. The van der Waals surface area contributed by atoms with Crippen LogP contribution in [0.2, 0.25) is 0 Å². The van der Waals surface area contributed by atoms with Crippen molar-refractivity contribution in [3.8, 4) is 0 Å². The maximum Gasteiger partial charge on any atom is 0.0478 e. The molecule has 0 radical (unpaired) electrons. The Hall–Kier alpha value is -0.160. The summed E-state index contributed by atoms with van der Waals surface area (Å²) in [5, 5.41) is 0. The first-order chi connectivity index (χ1) is 6.35. The molecule has 0 saturated carbocycles. The molecule has 0 rings (SSSR count). The lowest BCUT2D eigenvalue weighted by Crippen LogP contribution is -2.35. The minimum absolute atomic E-state index is 0.703. The van der Waals surface area contributed by atoms with Gasteiger partial charge >= 0.3 is 0 Å². The van der Waals surface area contributed by atoms with Gasteiger partial charge in [-0.15, -0.1) is 0 Å². The van der Waals surface area contributed by atoms with E-state index in [-0.39, 0.29) is 0 Å². The van der Waals surface area contributed by atoms with E-state index in [1.807, 2.05) is 6.92 Å². The van der Waals surface area contributed by atoms with Crippen molar-refractivity contribution in [2.45, 2.75) is 13.3 Å². The Kier molecular flexibility index (Phi) is 9.80. The Labute approximate surface area is 81.2 Å². The number of hydrogen-bond acceptors (Lipinski definition) is 4. The van der Waals surface area contributed by atoms with Crippen LogP contribution in [0.1, 0.15) is 13.3 Å². The second-order valence-corrected chi connectivity index (χ2v) is 2.97. The van der Waals surface area contributed by atoms with Crippen LogP contribution in [0.15, 0.2) is 0 Å². The summed E-state index contributed by atoms with van der Waals surface area (Å²) in [5.41, 5.74) is 11.0. The van der Waals surface area contributed by atoms with Gasteiger partial charge in [0.15, 0.2) is 0 Å². The number of hydrogen-bond donors (Lipinski definition) is 2. The van der Waals surface area contributed by atoms with E-state index < -0.39 is 0 Å². The highest BCUT2D eigenvalue weighted by Gasteiger charge is 2.01. The molecule has 0 bridgehead atoms. The van der Waals surface area contributed by atoms with Gasteiger partial charge in [-0.1, -0.05) is 0 Å². The Morgan fingerprint density at radius 1 is 1.08 bits per heavy atom. The summed E-state index contributed by atoms with van der Waals surface area (Å²) in [6.07, 6.45) is 1.06.